The number of ether oxygens (including phenoxy) is 2. The van der Waals surface area contributed by atoms with Crippen LogP contribution in [0.4, 0.5) is 5.00 Å². The number of anilines is 1. The molecule has 2 aromatic heterocycles. The van der Waals surface area contributed by atoms with Crippen molar-refractivity contribution < 1.29 is 19.1 Å². The molecule has 1 aliphatic carbocycles. The Morgan fingerprint density at radius 1 is 1.27 bits per heavy atom. The number of benzene rings is 1. The van der Waals surface area contributed by atoms with E-state index in [1.54, 1.807) is 6.92 Å². The van der Waals surface area contributed by atoms with Crippen molar-refractivity contribution in [3.05, 3.63) is 46.6 Å². The van der Waals surface area contributed by atoms with Gasteiger partial charge in [-0.1, -0.05) is 19.1 Å². The van der Waals surface area contributed by atoms with E-state index in [0.717, 1.165) is 40.6 Å². The molecule has 3 aromatic rings. The van der Waals surface area contributed by atoms with Crippen LogP contribution in [0, 0.1) is 5.92 Å². The molecule has 1 amide bonds. The third-order valence-corrected chi connectivity index (χ3v) is 6.26. The van der Waals surface area contributed by atoms with Gasteiger partial charge >= 0.3 is 5.97 Å². The van der Waals surface area contributed by atoms with Crippen LogP contribution in [0.15, 0.2) is 30.6 Å². The fraction of sp³-hybridized carbons (Fsp3) is 0.364. The highest BCUT2D eigenvalue weighted by Gasteiger charge is 2.29. The molecular formula is C22H23N3O4S. The van der Waals surface area contributed by atoms with E-state index >= 15 is 0 Å². The number of nitrogens with one attached hydrogen (secondary N) is 1. The van der Waals surface area contributed by atoms with Crippen LogP contribution in [-0.4, -0.2) is 35.1 Å². The normalized spacial score (nSPS) is 15.5. The molecule has 1 aliphatic rings. The summed E-state index contributed by atoms with van der Waals surface area (Å²) in [4.78, 5) is 34.6. The van der Waals surface area contributed by atoms with Gasteiger partial charge in [0.2, 0.25) is 5.88 Å². The lowest BCUT2D eigenvalue weighted by Crippen LogP contribution is -2.22. The van der Waals surface area contributed by atoms with E-state index in [1.165, 1.54) is 17.7 Å². The molecule has 8 heteroatoms. The van der Waals surface area contributed by atoms with Gasteiger partial charge in [-0.2, -0.15) is 0 Å². The highest BCUT2D eigenvalue weighted by molar-refractivity contribution is 7.17. The van der Waals surface area contributed by atoms with E-state index in [4.69, 9.17) is 9.47 Å². The fourth-order valence-electron chi connectivity index (χ4n) is 3.65. The molecule has 0 unspecified atom stereocenters. The molecule has 0 spiro atoms. The third-order valence-electron chi connectivity index (χ3n) is 5.09. The van der Waals surface area contributed by atoms with Gasteiger partial charge in [0.25, 0.3) is 5.91 Å². The van der Waals surface area contributed by atoms with Crippen molar-refractivity contribution in [1.82, 2.24) is 9.97 Å². The van der Waals surface area contributed by atoms with E-state index in [2.05, 4.69) is 22.2 Å². The van der Waals surface area contributed by atoms with Crippen molar-refractivity contribution in [1.29, 1.82) is 0 Å². The lowest BCUT2D eigenvalue weighted by Gasteiger charge is -2.18. The lowest BCUT2D eigenvalue weighted by molar-refractivity contribution is -0.118. The monoisotopic (exact) mass is 425 g/mol. The summed E-state index contributed by atoms with van der Waals surface area (Å²) >= 11 is 1.46. The molecule has 2 heterocycles. The first-order chi connectivity index (χ1) is 14.6. The van der Waals surface area contributed by atoms with Crippen molar-refractivity contribution in [2.45, 2.75) is 33.1 Å². The van der Waals surface area contributed by atoms with Crippen LogP contribution in [0.3, 0.4) is 0 Å². The second-order valence-corrected chi connectivity index (χ2v) is 8.41. The Bertz CT molecular complexity index is 1090. The second kappa shape index (κ2) is 8.79. The Labute approximate surface area is 178 Å². The van der Waals surface area contributed by atoms with Crippen molar-refractivity contribution in [2.24, 2.45) is 5.92 Å². The third kappa shape index (κ3) is 4.14. The minimum absolute atomic E-state index is 0.220. The summed E-state index contributed by atoms with van der Waals surface area (Å²) in [5.74, 6) is 0.169. The molecular weight excluding hydrogens is 402 g/mol. The van der Waals surface area contributed by atoms with Crippen LogP contribution in [-0.2, 0) is 22.4 Å². The molecule has 1 atom stereocenters. The Balaban J connectivity index is 1.52. The van der Waals surface area contributed by atoms with E-state index < -0.39 is 0 Å². The van der Waals surface area contributed by atoms with Crippen LogP contribution in [0.5, 0.6) is 5.88 Å². The van der Waals surface area contributed by atoms with Gasteiger partial charge in [-0.15, -0.1) is 11.3 Å². The fourth-order valence-corrected chi connectivity index (χ4v) is 5.06. The first-order valence-electron chi connectivity index (χ1n) is 10.0. The smallest absolute Gasteiger partial charge is 0.341 e. The summed E-state index contributed by atoms with van der Waals surface area (Å²) in [6, 6.07) is 7.44. The number of nitrogens with zero attached hydrogens (tertiary/aromatic N) is 2. The van der Waals surface area contributed by atoms with Gasteiger partial charge in [-0.25, -0.2) is 14.8 Å². The summed E-state index contributed by atoms with van der Waals surface area (Å²) < 4.78 is 10.9. The molecule has 1 aromatic carbocycles. The number of carbonyl (C=O) groups is 2. The van der Waals surface area contributed by atoms with Gasteiger partial charge in [0.1, 0.15) is 11.3 Å². The maximum atomic E-state index is 12.6. The summed E-state index contributed by atoms with van der Waals surface area (Å²) in [6.07, 6.45) is 4.16. The van der Waals surface area contributed by atoms with Gasteiger partial charge in [0.05, 0.1) is 23.1 Å². The number of para-hydroxylation sites is 1. The molecule has 7 nitrogen and oxygen atoms in total. The Morgan fingerprint density at radius 3 is 2.93 bits per heavy atom. The molecule has 0 saturated carbocycles. The number of esters is 1. The van der Waals surface area contributed by atoms with Gasteiger partial charge in [-0.05, 0) is 49.8 Å². The zero-order chi connectivity index (χ0) is 21.1. The number of rotatable bonds is 6. The number of hydrogen-bond acceptors (Lipinski definition) is 7. The number of amides is 1. The minimum atomic E-state index is -0.387. The summed E-state index contributed by atoms with van der Waals surface area (Å²) in [5, 5.41) is 4.12. The molecule has 0 saturated heterocycles. The molecule has 4 rings (SSSR count). The largest absolute Gasteiger partial charge is 0.467 e. The zero-order valence-electron chi connectivity index (χ0n) is 16.9. The number of hydrogen-bond donors (Lipinski definition) is 1. The molecule has 156 valence electrons. The van der Waals surface area contributed by atoms with E-state index in [0.29, 0.717) is 22.4 Å². The molecule has 0 aliphatic heterocycles. The zero-order valence-corrected chi connectivity index (χ0v) is 17.8. The SMILES string of the molecule is CCOC(=O)c1c(NC(=O)COc2ncnc3ccccc23)sc2c1CC[C@H](C)C2. The first kappa shape index (κ1) is 20.3. The van der Waals surface area contributed by atoms with Gasteiger partial charge in [0.15, 0.2) is 6.61 Å². The summed E-state index contributed by atoms with van der Waals surface area (Å²) in [7, 11) is 0. The number of carbonyl (C=O) groups excluding carboxylic acids is 2. The predicted octanol–water partition coefficient (Wildman–Crippen LogP) is 4.01. The Morgan fingerprint density at radius 2 is 2.10 bits per heavy atom. The number of aromatic nitrogens is 2. The van der Waals surface area contributed by atoms with Crippen molar-refractivity contribution in [2.75, 3.05) is 18.5 Å². The maximum absolute atomic E-state index is 12.6. The standard InChI is InChI=1S/C22H23N3O4S/c1-3-28-22(27)19-15-9-8-13(2)10-17(15)30-21(19)25-18(26)11-29-20-14-6-4-5-7-16(14)23-12-24-20/h4-7,12-13H,3,8-11H2,1-2H3,(H,25,26)/t13-/m0/s1. The molecule has 0 radical (unpaired) electrons. The van der Waals surface area contributed by atoms with Crippen LogP contribution in [0.25, 0.3) is 10.9 Å². The van der Waals surface area contributed by atoms with Gasteiger partial charge < -0.3 is 14.8 Å². The molecule has 1 N–H and O–H groups in total. The van der Waals surface area contributed by atoms with E-state index in [-0.39, 0.29) is 25.1 Å². The van der Waals surface area contributed by atoms with Crippen LogP contribution in [0.1, 0.15) is 41.1 Å². The molecule has 0 bridgehead atoms. The van der Waals surface area contributed by atoms with Crippen LogP contribution in [0.2, 0.25) is 0 Å². The quantitative estimate of drug-likeness (QED) is 0.600. The highest BCUT2D eigenvalue weighted by Crippen LogP contribution is 2.40. The number of fused-ring (bicyclic) bond motifs is 2. The summed E-state index contributed by atoms with van der Waals surface area (Å²) in [5.41, 5.74) is 2.24. The van der Waals surface area contributed by atoms with Crippen molar-refractivity contribution in [3.63, 3.8) is 0 Å². The lowest BCUT2D eigenvalue weighted by atomic mass is 9.88. The molecule has 30 heavy (non-hydrogen) atoms. The average Bonchev–Trinajstić information content (AvgIpc) is 3.09. The average molecular weight is 426 g/mol. The van der Waals surface area contributed by atoms with Crippen molar-refractivity contribution >= 4 is 39.1 Å². The maximum Gasteiger partial charge on any atom is 0.341 e. The van der Waals surface area contributed by atoms with E-state index in [9.17, 15) is 9.59 Å². The first-order valence-corrected chi connectivity index (χ1v) is 10.8. The number of thiophene rings is 1. The second-order valence-electron chi connectivity index (χ2n) is 7.31. The highest BCUT2D eigenvalue weighted by atomic mass is 32.1. The minimum Gasteiger partial charge on any atom is -0.467 e. The van der Waals surface area contributed by atoms with Gasteiger partial charge in [-0.3, -0.25) is 4.79 Å². The Kier molecular flexibility index (Phi) is 5.94. The van der Waals surface area contributed by atoms with E-state index in [1.807, 2.05) is 24.3 Å². The van der Waals surface area contributed by atoms with Gasteiger partial charge in [0, 0.05) is 4.88 Å². The van der Waals surface area contributed by atoms with Crippen molar-refractivity contribution in [3.8, 4) is 5.88 Å². The molecule has 0 fully saturated rings. The topological polar surface area (TPSA) is 90.4 Å². The Hall–Kier alpha value is -3.00. The predicted molar refractivity (Wildman–Crippen MR) is 115 cm³/mol. The van der Waals surface area contributed by atoms with Crippen LogP contribution >= 0.6 is 11.3 Å². The van der Waals surface area contributed by atoms with Crippen LogP contribution < -0.4 is 10.1 Å². The summed E-state index contributed by atoms with van der Waals surface area (Å²) in [6.45, 7) is 4.04.